The van der Waals surface area contributed by atoms with Crippen LogP contribution in [0.3, 0.4) is 0 Å². The summed E-state index contributed by atoms with van der Waals surface area (Å²) in [6.45, 7) is 3.70. The summed E-state index contributed by atoms with van der Waals surface area (Å²) in [7, 11) is 0. The van der Waals surface area contributed by atoms with E-state index in [-0.39, 0.29) is 5.54 Å². The first-order valence-corrected chi connectivity index (χ1v) is 7.03. The molecule has 0 aromatic heterocycles. The zero-order chi connectivity index (χ0) is 9.86. The molecule has 2 aliphatic rings. The first kappa shape index (κ1) is 10.8. The number of piperidine rings is 1. The summed E-state index contributed by atoms with van der Waals surface area (Å²) < 4.78 is 0. The number of rotatable bonds is 2. The Morgan fingerprint density at radius 1 is 1.14 bits per heavy atom. The van der Waals surface area contributed by atoms with Gasteiger partial charge in [-0.3, -0.25) is 0 Å². The fraction of sp³-hybridized carbons (Fsp3) is 1.00. The van der Waals surface area contributed by atoms with Gasteiger partial charge in [-0.1, -0.05) is 6.42 Å². The van der Waals surface area contributed by atoms with Gasteiger partial charge in [-0.05, 0) is 44.5 Å². The maximum absolute atomic E-state index is 6.43. The molecular weight excluding hydrogens is 192 g/mol. The zero-order valence-electron chi connectivity index (χ0n) is 9.00. The lowest BCUT2D eigenvalue weighted by Gasteiger charge is -2.39. The van der Waals surface area contributed by atoms with Gasteiger partial charge in [0.15, 0.2) is 0 Å². The molecule has 82 valence electrons. The number of thioether (sulfide) groups is 1. The third-order valence-corrected chi connectivity index (χ3v) is 4.70. The third-order valence-electron chi connectivity index (χ3n) is 3.34. The number of likely N-dealkylation sites (tertiary alicyclic amines) is 1. The topological polar surface area (TPSA) is 29.3 Å². The zero-order valence-corrected chi connectivity index (χ0v) is 9.82. The van der Waals surface area contributed by atoms with Crippen LogP contribution in [0.15, 0.2) is 0 Å². The molecule has 0 amide bonds. The summed E-state index contributed by atoms with van der Waals surface area (Å²) in [5.74, 6) is 2.49. The lowest BCUT2D eigenvalue weighted by molar-refractivity contribution is 0.180. The second-order valence-corrected chi connectivity index (χ2v) is 5.96. The molecule has 3 heteroatoms. The van der Waals surface area contributed by atoms with Gasteiger partial charge in [0.1, 0.15) is 0 Å². The molecule has 0 aromatic rings. The molecule has 2 N–H and O–H groups in total. The van der Waals surface area contributed by atoms with E-state index in [2.05, 4.69) is 4.90 Å². The van der Waals surface area contributed by atoms with Crippen LogP contribution < -0.4 is 5.73 Å². The summed E-state index contributed by atoms with van der Waals surface area (Å²) in [5, 5.41) is 0. The lowest BCUT2D eigenvalue weighted by atomic mass is 9.95. The van der Waals surface area contributed by atoms with E-state index in [1.165, 1.54) is 56.7 Å². The van der Waals surface area contributed by atoms with Gasteiger partial charge in [0.2, 0.25) is 0 Å². The summed E-state index contributed by atoms with van der Waals surface area (Å²) in [5.41, 5.74) is 6.55. The molecule has 2 nitrogen and oxygen atoms in total. The SMILES string of the molecule is NC1(CN2CCCCC2)CCCSC1. The molecule has 0 aromatic carbocycles. The average molecular weight is 214 g/mol. The first-order valence-electron chi connectivity index (χ1n) is 5.88. The molecule has 0 spiro atoms. The Morgan fingerprint density at radius 2 is 1.93 bits per heavy atom. The van der Waals surface area contributed by atoms with Gasteiger partial charge in [0.05, 0.1) is 0 Å². The van der Waals surface area contributed by atoms with Gasteiger partial charge >= 0.3 is 0 Å². The second-order valence-electron chi connectivity index (χ2n) is 4.86. The Hall–Kier alpha value is 0.270. The van der Waals surface area contributed by atoms with Crippen molar-refractivity contribution in [2.75, 3.05) is 31.1 Å². The molecule has 14 heavy (non-hydrogen) atoms. The van der Waals surface area contributed by atoms with E-state index in [0.717, 1.165) is 6.54 Å². The molecule has 2 rings (SSSR count). The Kier molecular flexibility index (Phi) is 3.74. The van der Waals surface area contributed by atoms with Crippen LogP contribution in [-0.4, -0.2) is 41.6 Å². The van der Waals surface area contributed by atoms with Gasteiger partial charge in [-0.15, -0.1) is 0 Å². The van der Waals surface area contributed by atoms with Gasteiger partial charge in [-0.2, -0.15) is 11.8 Å². The molecule has 0 bridgehead atoms. The second kappa shape index (κ2) is 4.86. The fourth-order valence-electron chi connectivity index (χ4n) is 2.56. The van der Waals surface area contributed by atoms with Crippen LogP contribution in [0.1, 0.15) is 32.1 Å². The maximum atomic E-state index is 6.43. The predicted octanol–water partition coefficient (Wildman–Crippen LogP) is 1.70. The first-order chi connectivity index (χ1) is 6.79. The van der Waals surface area contributed by atoms with E-state index in [1.54, 1.807) is 0 Å². The molecule has 2 aliphatic heterocycles. The average Bonchev–Trinajstić information content (AvgIpc) is 2.19. The fourth-order valence-corrected chi connectivity index (χ4v) is 3.70. The number of hydrogen-bond acceptors (Lipinski definition) is 3. The Balaban J connectivity index is 1.81. The van der Waals surface area contributed by atoms with Crippen LogP contribution in [0.5, 0.6) is 0 Å². The quantitative estimate of drug-likeness (QED) is 0.758. The normalized spacial score (nSPS) is 35.8. The highest BCUT2D eigenvalue weighted by atomic mass is 32.2. The van der Waals surface area contributed by atoms with E-state index in [0.29, 0.717) is 0 Å². The minimum Gasteiger partial charge on any atom is -0.323 e. The molecule has 2 fully saturated rings. The Labute approximate surface area is 91.6 Å². The lowest BCUT2D eigenvalue weighted by Crippen LogP contribution is -2.54. The van der Waals surface area contributed by atoms with E-state index < -0.39 is 0 Å². The maximum Gasteiger partial charge on any atom is 0.0375 e. The van der Waals surface area contributed by atoms with Crippen molar-refractivity contribution in [2.24, 2.45) is 5.73 Å². The van der Waals surface area contributed by atoms with Crippen molar-refractivity contribution in [2.45, 2.75) is 37.6 Å². The minimum absolute atomic E-state index is 0.125. The highest BCUT2D eigenvalue weighted by molar-refractivity contribution is 7.99. The summed E-state index contributed by atoms with van der Waals surface area (Å²) in [6.07, 6.45) is 6.72. The minimum atomic E-state index is 0.125. The molecule has 0 aliphatic carbocycles. The van der Waals surface area contributed by atoms with Crippen molar-refractivity contribution in [1.29, 1.82) is 0 Å². The van der Waals surface area contributed by atoms with Gasteiger partial charge in [0.25, 0.3) is 0 Å². The van der Waals surface area contributed by atoms with Crippen molar-refractivity contribution in [3.8, 4) is 0 Å². The molecule has 2 heterocycles. The molecule has 2 saturated heterocycles. The predicted molar refractivity (Wildman–Crippen MR) is 63.8 cm³/mol. The van der Waals surface area contributed by atoms with Crippen LogP contribution in [0.4, 0.5) is 0 Å². The Bertz CT molecular complexity index is 172. The third kappa shape index (κ3) is 2.88. The van der Waals surface area contributed by atoms with Crippen molar-refractivity contribution in [3.63, 3.8) is 0 Å². The van der Waals surface area contributed by atoms with Crippen molar-refractivity contribution in [1.82, 2.24) is 4.90 Å². The molecule has 1 unspecified atom stereocenters. The van der Waals surface area contributed by atoms with Crippen LogP contribution in [0.25, 0.3) is 0 Å². The highest BCUT2D eigenvalue weighted by Crippen LogP contribution is 2.26. The van der Waals surface area contributed by atoms with Crippen LogP contribution in [0, 0.1) is 0 Å². The van der Waals surface area contributed by atoms with Gasteiger partial charge in [0, 0.05) is 17.8 Å². The standard InChI is InChI=1S/C11H22N2S/c12-11(5-4-8-14-10-11)9-13-6-2-1-3-7-13/h1-10,12H2. The molecule has 0 radical (unpaired) electrons. The van der Waals surface area contributed by atoms with E-state index in [9.17, 15) is 0 Å². The van der Waals surface area contributed by atoms with Crippen molar-refractivity contribution >= 4 is 11.8 Å². The molecule has 1 atom stereocenters. The number of nitrogens with zero attached hydrogens (tertiary/aromatic N) is 1. The number of hydrogen-bond donors (Lipinski definition) is 1. The van der Waals surface area contributed by atoms with Crippen LogP contribution in [0.2, 0.25) is 0 Å². The van der Waals surface area contributed by atoms with Crippen LogP contribution in [-0.2, 0) is 0 Å². The summed E-state index contributed by atoms with van der Waals surface area (Å²) in [6, 6.07) is 0. The van der Waals surface area contributed by atoms with E-state index in [1.807, 2.05) is 11.8 Å². The van der Waals surface area contributed by atoms with Crippen molar-refractivity contribution in [3.05, 3.63) is 0 Å². The largest absolute Gasteiger partial charge is 0.323 e. The van der Waals surface area contributed by atoms with Gasteiger partial charge in [-0.25, -0.2) is 0 Å². The summed E-state index contributed by atoms with van der Waals surface area (Å²) in [4.78, 5) is 2.58. The number of nitrogens with two attached hydrogens (primary N) is 1. The monoisotopic (exact) mass is 214 g/mol. The van der Waals surface area contributed by atoms with E-state index in [4.69, 9.17) is 5.73 Å². The van der Waals surface area contributed by atoms with Crippen molar-refractivity contribution < 1.29 is 0 Å². The Morgan fingerprint density at radius 3 is 2.57 bits per heavy atom. The van der Waals surface area contributed by atoms with E-state index >= 15 is 0 Å². The van der Waals surface area contributed by atoms with Crippen LogP contribution >= 0.6 is 11.8 Å². The molecule has 0 saturated carbocycles. The summed E-state index contributed by atoms with van der Waals surface area (Å²) >= 11 is 2.04. The van der Waals surface area contributed by atoms with Gasteiger partial charge < -0.3 is 10.6 Å². The highest BCUT2D eigenvalue weighted by Gasteiger charge is 2.30. The molecular formula is C11H22N2S. The smallest absolute Gasteiger partial charge is 0.0375 e.